The van der Waals surface area contributed by atoms with E-state index in [1.54, 1.807) is 37.2 Å². The highest BCUT2D eigenvalue weighted by molar-refractivity contribution is 8.13. The summed E-state index contributed by atoms with van der Waals surface area (Å²) in [6.45, 7) is 1.06. The normalized spacial score (nSPS) is 13.8. The Hall–Kier alpha value is -2.22. The molecule has 3 amide bonds. The van der Waals surface area contributed by atoms with Crippen LogP contribution in [0.3, 0.4) is 0 Å². The monoisotopic (exact) mass is 351 g/mol. The van der Waals surface area contributed by atoms with Gasteiger partial charge in [-0.3, -0.25) is 14.4 Å². The van der Waals surface area contributed by atoms with Crippen LogP contribution in [-0.2, 0) is 4.79 Å². The second-order valence-electron chi connectivity index (χ2n) is 5.51. The molecule has 0 radical (unpaired) electrons. The second kappa shape index (κ2) is 8.05. The molecule has 24 heavy (non-hydrogen) atoms. The zero-order chi connectivity index (χ0) is 17.7. The van der Waals surface area contributed by atoms with Crippen LogP contribution in [0.15, 0.2) is 18.2 Å². The summed E-state index contributed by atoms with van der Waals surface area (Å²) in [6, 6.07) is 4.89. The molecule has 130 valence electrons. The number of carbonyl (C=O) groups excluding carboxylic acids is 3. The van der Waals surface area contributed by atoms with Crippen molar-refractivity contribution in [2.24, 2.45) is 0 Å². The Kier molecular flexibility index (Phi) is 6.08. The average Bonchev–Trinajstić information content (AvgIpc) is 2.97. The Labute approximate surface area is 145 Å². The molecule has 0 aliphatic carbocycles. The number of anilines is 1. The zero-order valence-corrected chi connectivity index (χ0v) is 14.8. The van der Waals surface area contributed by atoms with E-state index in [4.69, 9.17) is 4.74 Å². The zero-order valence-electron chi connectivity index (χ0n) is 14.0. The summed E-state index contributed by atoms with van der Waals surface area (Å²) in [6.07, 6.45) is 0.196. The summed E-state index contributed by atoms with van der Waals surface area (Å²) in [5.74, 6) is 0.856. The van der Waals surface area contributed by atoms with Gasteiger partial charge in [0.2, 0.25) is 5.91 Å². The summed E-state index contributed by atoms with van der Waals surface area (Å²) in [4.78, 5) is 38.8. The maximum atomic E-state index is 12.2. The minimum atomic E-state index is -0.229. The smallest absolute Gasteiger partial charge is 0.281 e. The van der Waals surface area contributed by atoms with Crippen LogP contribution in [0.25, 0.3) is 0 Å². The molecular formula is C16H21N3O4S. The topological polar surface area (TPSA) is 79.0 Å². The quantitative estimate of drug-likeness (QED) is 0.847. The lowest BCUT2D eigenvalue weighted by Crippen LogP contribution is -2.28. The Bertz CT molecular complexity index is 648. The van der Waals surface area contributed by atoms with Crippen molar-refractivity contribution >= 4 is 34.5 Å². The van der Waals surface area contributed by atoms with Crippen molar-refractivity contribution in [2.45, 2.75) is 6.42 Å². The molecule has 2 rings (SSSR count). The number of hydrogen-bond acceptors (Lipinski definition) is 5. The molecule has 1 aromatic rings. The van der Waals surface area contributed by atoms with E-state index in [0.29, 0.717) is 30.1 Å². The van der Waals surface area contributed by atoms with Gasteiger partial charge in [-0.15, -0.1) is 0 Å². The van der Waals surface area contributed by atoms with Crippen LogP contribution in [0.5, 0.6) is 5.75 Å². The highest BCUT2D eigenvalue weighted by Crippen LogP contribution is 2.26. The molecule has 1 fully saturated rings. The van der Waals surface area contributed by atoms with Gasteiger partial charge in [0.05, 0.1) is 12.8 Å². The van der Waals surface area contributed by atoms with Gasteiger partial charge in [-0.05, 0) is 18.2 Å². The van der Waals surface area contributed by atoms with Crippen LogP contribution in [0, 0.1) is 0 Å². The first-order valence-corrected chi connectivity index (χ1v) is 8.52. The molecular weight excluding hydrogens is 330 g/mol. The van der Waals surface area contributed by atoms with Crippen molar-refractivity contribution in [1.82, 2.24) is 9.80 Å². The molecule has 0 aromatic heterocycles. The van der Waals surface area contributed by atoms with Gasteiger partial charge in [0.1, 0.15) is 5.75 Å². The molecule has 0 spiro atoms. The maximum absolute atomic E-state index is 12.2. The number of nitrogens with zero attached hydrogens (tertiary/aromatic N) is 2. The van der Waals surface area contributed by atoms with Crippen molar-refractivity contribution in [3.63, 3.8) is 0 Å². The van der Waals surface area contributed by atoms with Crippen molar-refractivity contribution < 1.29 is 19.1 Å². The predicted octanol–water partition coefficient (Wildman–Crippen LogP) is 1.89. The Morgan fingerprint density at radius 2 is 2.12 bits per heavy atom. The molecule has 8 heteroatoms. The minimum absolute atomic E-state index is 0.0129. The fraction of sp³-hybridized carbons (Fsp3) is 0.438. The third-order valence-electron chi connectivity index (χ3n) is 3.58. The summed E-state index contributed by atoms with van der Waals surface area (Å²) in [5, 5.41) is 2.77. The Morgan fingerprint density at radius 1 is 1.38 bits per heavy atom. The van der Waals surface area contributed by atoms with Crippen molar-refractivity contribution in [3.05, 3.63) is 23.8 Å². The molecule has 0 atom stereocenters. The second-order valence-corrected chi connectivity index (χ2v) is 6.56. The molecule has 1 saturated heterocycles. The lowest BCUT2D eigenvalue weighted by Gasteiger charge is -2.16. The van der Waals surface area contributed by atoms with E-state index in [9.17, 15) is 14.4 Å². The van der Waals surface area contributed by atoms with E-state index in [1.165, 1.54) is 23.8 Å². The van der Waals surface area contributed by atoms with E-state index in [1.807, 2.05) is 0 Å². The molecule has 1 aliphatic heterocycles. The van der Waals surface area contributed by atoms with Gasteiger partial charge in [-0.2, -0.15) is 0 Å². The number of thioether (sulfide) groups is 1. The van der Waals surface area contributed by atoms with E-state index < -0.39 is 0 Å². The summed E-state index contributed by atoms with van der Waals surface area (Å²) in [5.41, 5.74) is 0.902. The van der Waals surface area contributed by atoms with Gasteiger partial charge in [0.15, 0.2) is 0 Å². The standard InChI is InChI=1S/C16H21N3O4S/c1-18(2)15(21)11-4-5-13(23-3)12(10-11)17-14(20)6-7-19-8-9-24-16(19)22/h4-5,10H,6-9H2,1-3H3,(H,17,20). The third kappa shape index (κ3) is 4.41. The number of nitrogens with one attached hydrogen (secondary N) is 1. The van der Waals surface area contributed by atoms with Crippen molar-refractivity contribution in [2.75, 3.05) is 45.4 Å². The SMILES string of the molecule is COc1ccc(C(=O)N(C)C)cc1NC(=O)CCN1CCSC1=O. The van der Waals surface area contributed by atoms with Crippen LogP contribution >= 0.6 is 11.8 Å². The molecule has 0 unspecified atom stereocenters. The molecule has 7 nitrogen and oxygen atoms in total. The molecule has 1 heterocycles. The highest BCUT2D eigenvalue weighted by Gasteiger charge is 2.21. The number of amides is 3. The van der Waals surface area contributed by atoms with Crippen LogP contribution < -0.4 is 10.1 Å². The highest BCUT2D eigenvalue weighted by atomic mass is 32.2. The molecule has 0 bridgehead atoms. The number of hydrogen-bond donors (Lipinski definition) is 1. The lowest BCUT2D eigenvalue weighted by atomic mass is 10.1. The first kappa shape index (κ1) is 18.1. The van der Waals surface area contributed by atoms with Gasteiger partial charge in [-0.25, -0.2) is 0 Å². The molecule has 1 N–H and O–H groups in total. The van der Waals surface area contributed by atoms with E-state index in [0.717, 1.165) is 5.75 Å². The maximum Gasteiger partial charge on any atom is 0.281 e. The Balaban J connectivity index is 2.03. The molecule has 0 saturated carbocycles. The Morgan fingerprint density at radius 3 is 2.71 bits per heavy atom. The van der Waals surface area contributed by atoms with E-state index in [2.05, 4.69) is 5.32 Å². The number of methoxy groups -OCH3 is 1. The number of carbonyl (C=O) groups is 3. The van der Waals surface area contributed by atoms with Crippen LogP contribution in [-0.4, -0.2) is 66.9 Å². The summed E-state index contributed by atoms with van der Waals surface area (Å²) in [7, 11) is 4.82. The fourth-order valence-electron chi connectivity index (χ4n) is 2.27. The fourth-order valence-corrected chi connectivity index (χ4v) is 3.13. The predicted molar refractivity (Wildman–Crippen MR) is 93.7 cm³/mol. The van der Waals surface area contributed by atoms with Gasteiger partial charge in [0.25, 0.3) is 11.1 Å². The third-order valence-corrected chi connectivity index (χ3v) is 4.47. The van der Waals surface area contributed by atoms with Crippen LogP contribution in [0.1, 0.15) is 16.8 Å². The summed E-state index contributed by atoms with van der Waals surface area (Å²) >= 11 is 1.27. The number of benzene rings is 1. The number of ether oxygens (including phenoxy) is 1. The first-order chi connectivity index (χ1) is 11.4. The molecule has 1 aromatic carbocycles. The van der Waals surface area contributed by atoms with Crippen LogP contribution in [0.2, 0.25) is 0 Å². The minimum Gasteiger partial charge on any atom is -0.495 e. The van der Waals surface area contributed by atoms with Gasteiger partial charge in [0, 0.05) is 44.9 Å². The van der Waals surface area contributed by atoms with Gasteiger partial charge in [-0.1, -0.05) is 11.8 Å². The van der Waals surface area contributed by atoms with Crippen molar-refractivity contribution in [1.29, 1.82) is 0 Å². The average molecular weight is 351 g/mol. The molecule has 1 aliphatic rings. The number of rotatable bonds is 6. The lowest BCUT2D eigenvalue weighted by molar-refractivity contribution is -0.116. The summed E-state index contributed by atoms with van der Waals surface area (Å²) < 4.78 is 5.23. The largest absolute Gasteiger partial charge is 0.495 e. The van der Waals surface area contributed by atoms with Crippen molar-refractivity contribution in [3.8, 4) is 5.75 Å². The first-order valence-electron chi connectivity index (χ1n) is 7.53. The van der Waals surface area contributed by atoms with E-state index in [-0.39, 0.29) is 23.5 Å². The van der Waals surface area contributed by atoms with Gasteiger partial charge < -0.3 is 19.9 Å². The van der Waals surface area contributed by atoms with Gasteiger partial charge >= 0.3 is 0 Å². The van der Waals surface area contributed by atoms with E-state index >= 15 is 0 Å². The van der Waals surface area contributed by atoms with Crippen LogP contribution in [0.4, 0.5) is 10.5 Å².